The number of likely N-dealkylation sites (tertiary alicyclic amines) is 1. The Bertz CT molecular complexity index is 1570. The predicted octanol–water partition coefficient (Wildman–Crippen LogP) is 2.22. The lowest BCUT2D eigenvalue weighted by atomic mass is 9.74. The van der Waals surface area contributed by atoms with Gasteiger partial charge in [0.05, 0.1) is 12.1 Å². The molecular formula is C29H28N4O5. The van der Waals surface area contributed by atoms with Gasteiger partial charge in [-0.15, -0.1) is 0 Å². The maximum absolute atomic E-state index is 13.2. The number of para-hydroxylation sites is 1. The molecule has 3 amide bonds. The van der Waals surface area contributed by atoms with E-state index in [1.54, 1.807) is 17.2 Å². The second-order valence-corrected chi connectivity index (χ2v) is 10.9. The van der Waals surface area contributed by atoms with E-state index in [0.29, 0.717) is 30.5 Å². The first-order valence-electron chi connectivity index (χ1n) is 13.2. The number of piperidine rings is 2. The van der Waals surface area contributed by atoms with Gasteiger partial charge in [0.1, 0.15) is 11.8 Å². The molecule has 4 aliphatic rings. The fourth-order valence-electron chi connectivity index (χ4n) is 6.62. The molecule has 9 heteroatoms. The molecule has 2 N–H and O–H groups in total. The fraction of sp³-hybridized carbons (Fsp3) is 0.379. The highest BCUT2D eigenvalue weighted by molar-refractivity contribution is 6.05. The first kappa shape index (κ1) is 23.2. The Kier molecular flexibility index (Phi) is 5.20. The van der Waals surface area contributed by atoms with Crippen LogP contribution in [0.4, 0.5) is 0 Å². The van der Waals surface area contributed by atoms with Crippen LogP contribution in [0.5, 0.6) is 5.75 Å². The molecule has 2 saturated heterocycles. The third-order valence-corrected chi connectivity index (χ3v) is 8.78. The molecule has 9 nitrogen and oxygen atoms in total. The number of amides is 3. The van der Waals surface area contributed by atoms with E-state index < -0.39 is 11.9 Å². The van der Waals surface area contributed by atoms with Crippen molar-refractivity contribution in [2.45, 2.75) is 50.2 Å². The molecular weight excluding hydrogens is 484 g/mol. The molecule has 3 aromatic rings. The fourth-order valence-corrected chi connectivity index (χ4v) is 6.62. The average Bonchev–Trinajstić information content (AvgIpc) is 3.42. The van der Waals surface area contributed by atoms with Crippen molar-refractivity contribution in [3.05, 3.63) is 75.1 Å². The Morgan fingerprint density at radius 3 is 2.71 bits per heavy atom. The zero-order valence-corrected chi connectivity index (χ0v) is 20.9. The highest BCUT2D eigenvalue weighted by Gasteiger charge is 2.46. The van der Waals surface area contributed by atoms with Crippen molar-refractivity contribution in [2.75, 3.05) is 19.7 Å². The number of benzene rings is 2. The summed E-state index contributed by atoms with van der Waals surface area (Å²) in [5, 5.41) is 3.07. The van der Waals surface area contributed by atoms with Crippen LogP contribution in [0.3, 0.4) is 0 Å². The van der Waals surface area contributed by atoms with Crippen molar-refractivity contribution in [1.82, 2.24) is 20.1 Å². The third kappa shape index (κ3) is 3.56. The van der Waals surface area contributed by atoms with Crippen molar-refractivity contribution in [3.8, 4) is 5.75 Å². The molecule has 4 aliphatic heterocycles. The van der Waals surface area contributed by atoms with E-state index in [0.717, 1.165) is 60.4 Å². The lowest BCUT2D eigenvalue weighted by Crippen LogP contribution is -2.52. The molecule has 1 unspecified atom stereocenters. The summed E-state index contributed by atoms with van der Waals surface area (Å²) in [4.78, 5) is 56.7. The summed E-state index contributed by atoms with van der Waals surface area (Å²) < 4.78 is 6.15. The topological polar surface area (TPSA) is 112 Å². The Hall–Kier alpha value is -3.98. The summed E-state index contributed by atoms with van der Waals surface area (Å²) >= 11 is 0. The van der Waals surface area contributed by atoms with Crippen LogP contribution in [0.2, 0.25) is 0 Å². The van der Waals surface area contributed by atoms with E-state index in [1.165, 1.54) is 0 Å². The van der Waals surface area contributed by atoms with Gasteiger partial charge in [0.25, 0.3) is 5.91 Å². The van der Waals surface area contributed by atoms with E-state index in [9.17, 15) is 19.2 Å². The zero-order valence-electron chi connectivity index (χ0n) is 20.9. The van der Waals surface area contributed by atoms with Gasteiger partial charge in [0.15, 0.2) is 5.43 Å². The number of pyridine rings is 1. The monoisotopic (exact) mass is 512 g/mol. The van der Waals surface area contributed by atoms with Crippen LogP contribution in [0.25, 0.3) is 10.9 Å². The van der Waals surface area contributed by atoms with Gasteiger partial charge in [-0.25, -0.2) is 0 Å². The average molecular weight is 513 g/mol. The van der Waals surface area contributed by atoms with E-state index in [-0.39, 0.29) is 29.1 Å². The lowest BCUT2D eigenvalue weighted by molar-refractivity contribution is -0.136. The number of rotatable bonds is 3. The Morgan fingerprint density at radius 1 is 1.05 bits per heavy atom. The van der Waals surface area contributed by atoms with Crippen molar-refractivity contribution in [2.24, 2.45) is 0 Å². The van der Waals surface area contributed by atoms with Crippen molar-refractivity contribution < 1.29 is 19.1 Å². The number of carbonyl (C=O) groups excluding carboxylic acids is 3. The maximum atomic E-state index is 13.2. The molecule has 7 rings (SSSR count). The molecule has 2 fully saturated rings. The number of H-pyrrole nitrogens is 1. The van der Waals surface area contributed by atoms with Gasteiger partial charge < -0.3 is 14.6 Å². The molecule has 194 valence electrons. The normalized spacial score (nSPS) is 22.5. The Balaban J connectivity index is 1.09. The summed E-state index contributed by atoms with van der Waals surface area (Å²) in [5.41, 5.74) is 4.61. The molecule has 2 aromatic carbocycles. The first-order chi connectivity index (χ1) is 18.4. The van der Waals surface area contributed by atoms with Crippen molar-refractivity contribution in [1.29, 1.82) is 0 Å². The SMILES string of the molecule is O=C1CCC(N2Cc3cc4c(cc3C2=O)OCC42CCN(Cc3cccc4c(=O)cc[nH]c34)CC2)C(=O)N1. The van der Waals surface area contributed by atoms with E-state index in [1.807, 2.05) is 18.2 Å². The van der Waals surface area contributed by atoms with E-state index in [2.05, 4.69) is 27.3 Å². The number of aromatic nitrogens is 1. The molecule has 5 heterocycles. The molecule has 38 heavy (non-hydrogen) atoms. The Labute approximate surface area is 218 Å². The standard InChI is InChI=1S/C29H28N4O5/c34-23-6-9-30-26-17(2-1-3-19(23)26)14-32-10-7-29(8-11-32)16-38-24-13-20-18(12-21(24)29)15-33(28(20)37)22-4-5-25(35)31-27(22)36/h1-3,6,9,12-13,22H,4-5,7-8,10-11,14-16H2,(H,30,34)(H,31,35,36). The molecule has 1 aromatic heterocycles. The summed E-state index contributed by atoms with van der Waals surface area (Å²) in [5.74, 6) is -0.0952. The van der Waals surface area contributed by atoms with E-state index in [4.69, 9.17) is 4.74 Å². The van der Waals surface area contributed by atoms with Crippen LogP contribution in [-0.2, 0) is 28.1 Å². The quantitative estimate of drug-likeness (QED) is 0.521. The van der Waals surface area contributed by atoms with Gasteiger partial charge in [-0.3, -0.25) is 29.4 Å². The van der Waals surface area contributed by atoms with Gasteiger partial charge in [-0.2, -0.15) is 0 Å². The summed E-state index contributed by atoms with van der Waals surface area (Å²) in [7, 11) is 0. The number of hydrogen-bond acceptors (Lipinski definition) is 6. The minimum atomic E-state index is -0.621. The largest absolute Gasteiger partial charge is 0.492 e. The van der Waals surface area contributed by atoms with E-state index >= 15 is 0 Å². The number of imide groups is 1. The second-order valence-electron chi connectivity index (χ2n) is 10.9. The van der Waals surface area contributed by atoms with Crippen molar-refractivity contribution >= 4 is 28.6 Å². The van der Waals surface area contributed by atoms with Gasteiger partial charge in [0, 0.05) is 53.7 Å². The van der Waals surface area contributed by atoms with Gasteiger partial charge >= 0.3 is 0 Å². The number of ether oxygens (including phenoxy) is 1. The van der Waals surface area contributed by atoms with Gasteiger partial charge in [0.2, 0.25) is 11.8 Å². The third-order valence-electron chi connectivity index (χ3n) is 8.78. The number of hydrogen-bond donors (Lipinski definition) is 2. The predicted molar refractivity (Wildman–Crippen MR) is 139 cm³/mol. The summed E-state index contributed by atoms with van der Waals surface area (Å²) in [6, 6.07) is 10.8. The Morgan fingerprint density at radius 2 is 1.89 bits per heavy atom. The molecule has 0 aliphatic carbocycles. The molecule has 1 atom stereocenters. The highest BCUT2D eigenvalue weighted by atomic mass is 16.5. The zero-order chi connectivity index (χ0) is 26.0. The summed E-state index contributed by atoms with van der Waals surface area (Å²) in [6.45, 7) is 3.53. The van der Waals surface area contributed by atoms with Crippen LogP contribution in [0, 0.1) is 0 Å². The smallest absolute Gasteiger partial charge is 0.255 e. The number of aromatic amines is 1. The molecule has 0 bridgehead atoms. The number of nitrogens with one attached hydrogen (secondary N) is 2. The lowest BCUT2D eigenvalue weighted by Gasteiger charge is -2.38. The molecule has 0 radical (unpaired) electrons. The minimum Gasteiger partial charge on any atom is -0.492 e. The number of fused-ring (bicyclic) bond motifs is 4. The summed E-state index contributed by atoms with van der Waals surface area (Å²) in [6.07, 6.45) is 4.17. The second kappa shape index (κ2) is 8.52. The van der Waals surface area contributed by atoms with Crippen LogP contribution in [0.1, 0.15) is 52.7 Å². The number of carbonyl (C=O) groups is 3. The van der Waals surface area contributed by atoms with Crippen LogP contribution in [0.15, 0.2) is 47.4 Å². The van der Waals surface area contributed by atoms with Crippen LogP contribution < -0.4 is 15.5 Å². The molecule has 1 spiro atoms. The number of nitrogens with zero attached hydrogens (tertiary/aromatic N) is 2. The molecule has 0 saturated carbocycles. The first-order valence-corrected chi connectivity index (χ1v) is 13.2. The maximum Gasteiger partial charge on any atom is 0.255 e. The highest BCUT2D eigenvalue weighted by Crippen LogP contribution is 2.48. The van der Waals surface area contributed by atoms with Gasteiger partial charge in [-0.05, 0) is 61.7 Å². The van der Waals surface area contributed by atoms with Crippen molar-refractivity contribution in [3.63, 3.8) is 0 Å². The van der Waals surface area contributed by atoms with Crippen LogP contribution >= 0.6 is 0 Å². The van der Waals surface area contributed by atoms with Crippen LogP contribution in [-0.4, -0.2) is 58.2 Å². The van der Waals surface area contributed by atoms with Gasteiger partial charge in [-0.1, -0.05) is 12.1 Å². The minimum absolute atomic E-state index is 0.0279.